The highest BCUT2D eigenvalue weighted by Gasteiger charge is 2.50. The Hall–Kier alpha value is -3.60. The monoisotopic (exact) mass is 562 g/mol. The molecule has 0 saturated carbocycles. The van der Waals surface area contributed by atoms with Crippen LogP contribution in [0.1, 0.15) is 74.0 Å². The first kappa shape index (κ1) is 27.6. The standard InChI is InChI=1S/C30H39FN8O2/c1-17(2)25-26-21-9-7-6-8-19(21)14-24(28(40)33-25)38(26)29(41)23-15-22(27-35-34-18(3)39(27)36-23)32-20-10-12-37(13-11-20)16-30(4,5)31/h6-9,15,17,20,24-26,32H,10-14,16H2,1-5H3,(H,33,40)/t24-,25-,26-/m1/s1. The van der Waals surface area contributed by atoms with Gasteiger partial charge >= 0.3 is 0 Å². The lowest BCUT2D eigenvalue weighted by atomic mass is 9.78. The zero-order valence-corrected chi connectivity index (χ0v) is 24.4. The molecule has 5 heterocycles. The predicted molar refractivity (Wildman–Crippen MR) is 153 cm³/mol. The molecule has 2 bridgehead atoms. The number of carbonyl (C=O) groups excluding carboxylic acids is 2. The number of piperazine rings is 1. The van der Waals surface area contributed by atoms with Gasteiger partial charge in [0.05, 0.1) is 17.8 Å². The van der Waals surface area contributed by atoms with E-state index < -0.39 is 11.7 Å². The Labute approximate surface area is 239 Å². The molecule has 6 rings (SSSR count). The number of carbonyl (C=O) groups is 2. The maximum atomic E-state index is 14.4. The Bertz CT molecular complexity index is 1470. The first-order chi connectivity index (χ1) is 19.5. The quantitative estimate of drug-likeness (QED) is 0.475. The first-order valence-corrected chi connectivity index (χ1v) is 14.6. The lowest BCUT2D eigenvalue weighted by Gasteiger charge is -2.51. The predicted octanol–water partition coefficient (Wildman–Crippen LogP) is 3.32. The lowest BCUT2D eigenvalue weighted by Crippen LogP contribution is -2.66. The zero-order chi connectivity index (χ0) is 29.1. The molecular weight excluding hydrogens is 523 g/mol. The average molecular weight is 563 g/mol. The van der Waals surface area contributed by atoms with Crippen molar-refractivity contribution in [2.45, 2.75) is 83.7 Å². The van der Waals surface area contributed by atoms with Gasteiger partial charge in [-0.3, -0.25) is 9.59 Å². The third-order valence-corrected chi connectivity index (χ3v) is 8.62. The van der Waals surface area contributed by atoms with Crippen LogP contribution in [0.4, 0.5) is 10.1 Å². The van der Waals surface area contributed by atoms with Crippen LogP contribution in [0.25, 0.3) is 5.65 Å². The van der Waals surface area contributed by atoms with E-state index in [2.05, 4.69) is 56.8 Å². The van der Waals surface area contributed by atoms with Crippen molar-refractivity contribution in [2.75, 3.05) is 25.0 Å². The number of benzene rings is 1. The fourth-order valence-electron chi connectivity index (χ4n) is 6.70. The molecule has 2 amide bonds. The van der Waals surface area contributed by atoms with Crippen molar-refractivity contribution >= 4 is 23.1 Å². The zero-order valence-electron chi connectivity index (χ0n) is 24.4. The normalized spacial score (nSPS) is 23.5. The largest absolute Gasteiger partial charge is 0.379 e. The summed E-state index contributed by atoms with van der Waals surface area (Å²) in [6, 6.07) is 8.85. The van der Waals surface area contributed by atoms with Crippen molar-refractivity contribution in [3.05, 3.63) is 53.0 Å². The molecule has 2 N–H and O–H groups in total. The summed E-state index contributed by atoms with van der Waals surface area (Å²) in [5.41, 5.74) is 2.42. The van der Waals surface area contributed by atoms with Gasteiger partial charge in [0, 0.05) is 32.1 Å². The van der Waals surface area contributed by atoms with Crippen LogP contribution in [-0.4, -0.2) is 84.9 Å². The first-order valence-electron chi connectivity index (χ1n) is 14.6. The number of amides is 2. The molecule has 2 fully saturated rings. The minimum absolute atomic E-state index is 0.118. The number of aryl methyl sites for hydroxylation is 1. The number of likely N-dealkylation sites (tertiary alicyclic amines) is 1. The summed E-state index contributed by atoms with van der Waals surface area (Å²) >= 11 is 0. The molecule has 10 nitrogen and oxygen atoms in total. The van der Waals surface area contributed by atoms with Crippen LogP contribution in [0, 0.1) is 12.8 Å². The Balaban J connectivity index is 1.33. The minimum Gasteiger partial charge on any atom is -0.379 e. The Morgan fingerprint density at radius 1 is 1.20 bits per heavy atom. The number of aromatic nitrogens is 4. The van der Waals surface area contributed by atoms with Crippen molar-refractivity contribution in [2.24, 2.45) is 5.92 Å². The van der Waals surface area contributed by atoms with Crippen LogP contribution in [0.5, 0.6) is 0 Å². The van der Waals surface area contributed by atoms with Gasteiger partial charge in [-0.2, -0.15) is 9.61 Å². The van der Waals surface area contributed by atoms with Gasteiger partial charge in [-0.05, 0) is 56.7 Å². The fourth-order valence-corrected chi connectivity index (χ4v) is 6.70. The van der Waals surface area contributed by atoms with E-state index in [4.69, 9.17) is 0 Å². The van der Waals surface area contributed by atoms with Crippen LogP contribution in [0.2, 0.25) is 0 Å². The number of nitrogens with zero attached hydrogens (tertiary/aromatic N) is 6. The number of hydrogen-bond acceptors (Lipinski definition) is 7. The smallest absolute Gasteiger partial charge is 0.275 e. The molecule has 41 heavy (non-hydrogen) atoms. The Morgan fingerprint density at radius 2 is 1.93 bits per heavy atom. The van der Waals surface area contributed by atoms with E-state index in [1.807, 2.05) is 12.1 Å². The number of piperidine rings is 1. The van der Waals surface area contributed by atoms with Gasteiger partial charge in [0.1, 0.15) is 11.7 Å². The Kier molecular flexibility index (Phi) is 6.96. The number of anilines is 1. The average Bonchev–Trinajstić information content (AvgIpc) is 3.30. The summed E-state index contributed by atoms with van der Waals surface area (Å²) in [7, 11) is 0. The van der Waals surface area contributed by atoms with E-state index in [0.29, 0.717) is 30.1 Å². The molecule has 3 aromatic rings. The molecule has 11 heteroatoms. The summed E-state index contributed by atoms with van der Waals surface area (Å²) in [6.45, 7) is 11.1. The van der Waals surface area contributed by atoms with Crippen molar-refractivity contribution in [3.63, 3.8) is 0 Å². The van der Waals surface area contributed by atoms with E-state index in [1.54, 1.807) is 36.3 Å². The second kappa shape index (κ2) is 10.3. The SMILES string of the molecule is Cc1nnc2c(NC3CCN(CC(C)(C)F)CC3)cc(C(=O)N3[C@@H]4Cc5ccccc5[C@@H]3[C@@H](C(C)C)NC4=O)nn12. The van der Waals surface area contributed by atoms with E-state index in [0.717, 1.165) is 37.1 Å². The van der Waals surface area contributed by atoms with Gasteiger partial charge < -0.3 is 20.4 Å². The third-order valence-electron chi connectivity index (χ3n) is 8.62. The molecule has 1 aromatic carbocycles. The van der Waals surface area contributed by atoms with Crippen molar-refractivity contribution < 1.29 is 14.0 Å². The molecule has 3 aliphatic heterocycles. The second-order valence-corrected chi connectivity index (χ2v) is 12.7. The van der Waals surface area contributed by atoms with Gasteiger partial charge in [0.15, 0.2) is 11.5 Å². The fraction of sp³-hybridized carbons (Fsp3) is 0.567. The molecule has 3 aliphatic rings. The molecular formula is C30H39FN8O2. The highest BCUT2D eigenvalue weighted by molar-refractivity contribution is 5.99. The highest BCUT2D eigenvalue weighted by atomic mass is 19.1. The van der Waals surface area contributed by atoms with Crippen LogP contribution in [0.15, 0.2) is 30.3 Å². The maximum Gasteiger partial charge on any atom is 0.275 e. The third kappa shape index (κ3) is 5.16. The number of fused-ring (bicyclic) bond motifs is 5. The maximum absolute atomic E-state index is 14.4. The van der Waals surface area contributed by atoms with Gasteiger partial charge in [-0.1, -0.05) is 38.1 Å². The van der Waals surface area contributed by atoms with E-state index >= 15 is 0 Å². The lowest BCUT2D eigenvalue weighted by molar-refractivity contribution is -0.133. The molecule has 3 atom stereocenters. The number of rotatable bonds is 6. The summed E-state index contributed by atoms with van der Waals surface area (Å²) < 4.78 is 15.8. The molecule has 0 radical (unpaired) electrons. The molecule has 2 saturated heterocycles. The summed E-state index contributed by atoms with van der Waals surface area (Å²) in [5.74, 6) is 0.270. The molecule has 0 aliphatic carbocycles. The van der Waals surface area contributed by atoms with Crippen molar-refractivity contribution in [3.8, 4) is 0 Å². The second-order valence-electron chi connectivity index (χ2n) is 12.7. The summed E-state index contributed by atoms with van der Waals surface area (Å²) in [4.78, 5) is 31.6. The Morgan fingerprint density at radius 3 is 2.63 bits per heavy atom. The highest BCUT2D eigenvalue weighted by Crippen LogP contribution is 2.41. The molecule has 0 spiro atoms. The topological polar surface area (TPSA) is 108 Å². The summed E-state index contributed by atoms with van der Waals surface area (Å²) in [6.07, 6.45) is 2.14. The van der Waals surface area contributed by atoms with Crippen LogP contribution >= 0.6 is 0 Å². The van der Waals surface area contributed by atoms with Gasteiger partial charge in [-0.15, -0.1) is 10.2 Å². The van der Waals surface area contributed by atoms with Crippen molar-refractivity contribution in [1.82, 2.24) is 34.9 Å². The molecule has 218 valence electrons. The van der Waals surface area contributed by atoms with Gasteiger partial charge in [0.2, 0.25) is 11.6 Å². The van der Waals surface area contributed by atoms with E-state index in [9.17, 15) is 14.0 Å². The van der Waals surface area contributed by atoms with E-state index in [1.165, 1.54) is 0 Å². The molecule has 0 unspecified atom stereocenters. The number of alkyl halides is 1. The number of nitrogens with one attached hydrogen (secondary N) is 2. The van der Waals surface area contributed by atoms with Gasteiger partial charge in [0.25, 0.3) is 5.91 Å². The van der Waals surface area contributed by atoms with Crippen LogP contribution in [0.3, 0.4) is 0 Å². The minimum atomic E-state index is -1.23. The van der Waals surface area contributed by atoms with Crippen LogP contribution in [-0.2, 0) is 11.2 Å². The number of hydrogen-bond donors (Lipinski definition) is 2. The molecule has 2 aromatic heterocycles. The van der Waals surface area contributed by atoms with Crippen molar-refractivity contribution in [1.29, 1.82) is 0 Å². The van der Waals surface area contributed by atoms with E-state index in [-0.39, 0.29) is 41.6 Å². The summed E-state index contributed by atoms with van der Waals surface area (Å²) in [5, 5.41) is 20.0. The van der Waals surface area contributed by atoms with Gasteiger partial charge in [-0.25, -0.2) is 4.39 Å². The van der Waals surface area contributed by atoms with Crippen LogP contribution < -0.4 is 10.6 Å². The number of halogens is 1.